The highest BCUT2D eigenvalue weighted by Gasteiger charge is 2.23. The van der Waals surface area contributed by atoms with E-state index in [4.69, 9.17) is 32.7 Å². The molecule has 1 aromatic carbocycles. The number of carbonyl (C=O) groups excluding carboxylic acids is 1. The monoisotopic (exact) mass is 328 g/mol. The van der Waals surface area contributed by atoms with Crippen molar-refractivity contribution in [2.75, 3.05) is 13.2 Å². The van der Waals surface area contributed by atoms with Crippen molar-refractivity contribution in [3.63, 3.8) is 0 Å². The second kappa shape index (κ2) is 5.84. The van der Waals surface area contributed by atoms with Gasteiger partial charge in [-0.3, -0.25) is 4.79 Å². The molecule has 104 valence electrons. The third-order valence-corrected chi connectivity index (χ3v) is 4.63. The van der Waals surface area contributed by atoms with Crippen molar-refractivity contribution in [2.24, 2.45) is 0 Å². The molecule has 3 nitrogen and oxygen atoms in total. The summed E-state index contributed by atoms with van der Waals surface area (Å²) in [5.74, 6) is -0.185. The van der Waals surface area contributed by atoms with Gasteiger partial charge in [0.25, 0.3) is 0 Å². The van der Waals surface area contributed by atoms with Gasteiger partial charge in [-0.25, -0.2) is 0 Å². The van der Waals surface area contributed by atoms with Crippen molar-refractivity contribution in [1.29, 1.82) is 0 Å². The van der Waals surface area contributed by atoms with Crippen LogP contribution in [-0.2, 0) is 9.47 Å². The fourth-order valence-corrected chi connectivity index (χ4v) is 3.48. The summed E-state index contributed by atoms with van der Waals surface area (Å²) in [6, 6.07) is 8.59. The maximum atomic E-state index is 12.5. The number of thiophene rings is 1. The molecular formula is C14H10Cl2O3S. The second-order valence-corrected chi connectivity index (χ2v) is 6.13. The SMILES string of the molecule is O=C(c1ccc(C2OCCO2)s1)c1c(Cl)cccc1Cl. The number of hydrogen-bond donors (Lipinski definition) is 0. The minimum absolute atomic E-state index is 0.185. The number of hydrogen-bond acceptors (Lipinski definition) is 4. The maximum Gasteiger partial charge on any atom is 0.205 e. The van der Waals surface area contributed by atoms with Crippen LogP contribution in [0, 0.1) is 0 Å². The molecule has 3 rings (SSSR count). The van der Waals surface area contributed by atoms with Gasteiger partial charge in [0, 0.05) is 0 Å². The van der Waals surface area contributed by atoms with E-state index >= 15 is 0 Å². The Morgan fingerprint density at radius 2 is 1.75 bits per heavy atom. The summed E-state index contributed by atoms with van der Waals surface area (Å²) in [4.78, 5) is 13.9. The van der Waals surface area contributed by atoms with Crippen LogP contribution in [0.1, 0.15) is 26.4 Å². The first-order valence-electron chi connectivity index (χ1n) is 5.98. The maximum absolute atomic E-state index is 12.5. The van der Waals surface area contributed by atoms with E-state index in [9.17, 15) is 4.79 Å². The molecule has 1 aliphatic rings. The van der Waals surface area contributed by atoms with Crippen molar-refractivity contribution in [3.05, 3.63) is 55.7 Å². The van der Waals surface area contributed by atoms with Crippen LogP contribution in [0.25, 0.3) is 0 Å². The molecule has 0 radical (unpaired) electrons. The molecule has 6 heteroatoms. The summed E-state index contributed by atoms with van der Waals surface area (Å²) < 4.78 is 10.8. The van der Waals surface area contributed by atoms with Gasteiger partial charge in [0.15, 0.2) is 6.29 Å². The Morgan fingerprint density at radius 1 is 1.10 bits per heavy atom. The van der Waals surface area contributed by atoms with Crippen LogP contribution < -0.4 is 0 Å². The second-order valence-electron chi connectivity index (χ2n) is 4.20. The molecule has 0 N–H and O–H groups in total. The fraction of sp³-hybridized carbons (Fsp3) is 0.214. The summed E-state index contributed by atoms with van der Waals surface area (Å²) in [6.07, 6.45) is -0.372. The van der Waals surface area contributed by atoms with Gasteiger partial charge in [-0.05, 0) is 24.3 Å². The van der Waals surface area contributed by atoms with E-state index in [-0.39, 0.29) is 12.1 Å². The number of carbonyl (C=O) groups is 1. The standard InChI is InChI=1S/C14H10Cl2O3S/c15-8-2-1-3-9(16)12(8)13(17)10-4-5-11(20-10)14-18-6-7-19-14/h1-5,14H,6-7H2. The van der Waals surface area contributed by atoms with Crippen LogP contribution in [0.15, 0.2) is 30.3 Å². The molecule has 0 atom stereocenters. The Balaban J connectivity index is 1.91. The zero-order valence-electron chi connectivity index (χ0n) is 10.3. The van der Waals surface area contributed by atoms with Gasteiger partial charge in [0.1, 0.15) is 0 Å². The Hall–Kier alpha value is -0.910. The number of halogens is 2. The Kier molecular flexibility index (Phi) is 4.10. The zero-order valence-corrected chi connectivity index (χ0v) is 12.6. The Labute approximate surface area is 130 Å². The fourth-order valence-electron chi connectivity index (χ4n) is 1.96. The average molecular weight is 329 g/mol. The lowest BCUT2D eigenvalue weighted by Crippen LogP contribution is -2.00. The lowest BCUT2D eigenvalue weighted by molar-refractivity contribution is -0.0413. The highest BCUT2D eigenvalue weighted by Crippen LogP contribution is 2.33. The molecule has 2 heterocycles. The number of ketones is 1. The van der Waals surface area contributed by atoms with Crippen LogP contribution in [0.3, 0.4) is 0 Å². The quantitative estimate of drug-likeness (QED) is 0.786. The third-order valence-electron chi connectivity index (χ3n) is 2.89. The molecule has 2 aromatic rings. The van der Waals surface area contributed by atoms with E-state index in [1.807, 2.05) is 6.07 Å². The van der Waals surface area contributed by atoms with Gasteiger partial charge < -0.3 is 9.47 Å². The van der Waals surface area contributed by atoms with Gasteiger partial charge in [0.05, 0.1) is 38.6 Å². The molecule has 1 aromatic heterocycles. The summed E-state index contributed by atoms with van der Waals surface area (Å²) in [6.45, 7) is 1.14. The number of rotatable bonds is 3. The molecule has 0 amide bonds. The first-order chi connectivity index (χ1) is 9.66. The predicted octanol–water partition coefficient (Wildman–Crippen LogP) is 4.33. The molecule has 0 saturated carbocycles. The van der Waals surface area contributed by atoms with Gasteiger partial charge >= 0.3 is 0 Å². The van der Waals surface area contributed by atoms with Crippen molar-refractivity contribution in [1.82, 2.24) is 0 Å². The third kappa shape index (κ3) is 2.62. The highest BCUT2D eigenvalue weighted by molar-refractivity contribution is 7.14. The van der Waals surface area contributed by atoms with Crippen molar-refractivity contribution >= 4 is 40.3 Å². The molecule has 1 saturated heterocycles. The predicted molar refractivity (Wildman–Crippen MR) is 78.9 cm³/mol. The zero-order chi connectivity index (χ0) is 14.1. The molecular weight excluding hydrogens is 319 g/mol. The Bertz CT molecular complexity index is 627. The van der Waals surface area contributed by atoms with E-state index < -0.39 is 0 Å². The molecule has 1 aliphatic heterocycles. The average Bonchev–Trinajstić information content (AvgIpc) is 3.09. The van der Waals surface area contributed by atoms with E-state index in [1.165, 1.54) is 11.3 Å². The minimum Gasteiger partial charge on any atom is -0.345 e. The van der Waals surface area contributed by atoms with Crippen molar-refractivity contribution < 1.29 is 14.3 Å². The van der Waals surface area contributed by atoms with Crippen LogP contribution in [0.2, 0.25) is 10.0 Å². The van der Waals surface area contributed by atoms with Gasteiger partial charge in [-0.2, -0.15) is 0 Å². The number of benzene rings is 1. The van der Waals surface area contributed by atoms with Crippen LogP contribution >= 0.6 is 34.5 Å². The molecule has 20 heavy (non-hydrogen) atoms. The van der Waals surface area contributed by atoms with E-state index in [0.717, 1.165) is 4.88 Å². The van der Waals surface area contributed by atoms with Gasteiger partial charge in [-0.1, -0.05) is 29.3 Å². The minimum atomic E-state index is -0.372. The summed E-state index contributed by atoms with van der Waals surface area (Å²) in [5, 5.41) is 0.705. The topological polar surface area (TPSA) is 35.5 Å². The van der Waals surface area contributed by atoms with Crippen molar-refractivity contribution in [3.8, 4) is 0 Å². The highest BCUT2D eigenvalue weighted by atomic mass is 35.5. The molecule has 0 spiro atoms. The van der Waals surface area contributed by atoms with Crippen LogP contribution in [-0.4, -0.2) is 19.0 Å². The number of ether oxygens (including phenoxy) is 2. The normalized spacial score (nSPS) is 15.7. The van der Waals surface area contributed by atoms with E-state index in [0.29, 0.717) is 33.7 Å². The van der Waals surface area contributed by atoms with E-state index in [2.05, 4.69) is 0 Å². The van der Waals surface area contributed by atoms with Gasteiger partial charge in [-0.15, -0.1) is 11.3 Å². The van der Waals surface area contributed by atoms with Crippen LogP contribution in [0.5, 0.6) is 0 Å². The van der Waals surface area contributed by atoms with Crippen LogP contribution in [0.4, 0.5) is 0 Å². The first-order valence-corrected chi connectivity index (χ1v) is 7.55. The lowest BCUT2D eigenvalue weighted by Gasteiger charge is -2.05. The molecule has 0 bridgehead atoms. The lowest BCUT2D eigenvalue weighted by atomic mass is 10.1. The first kappa shape index (κ1) is 14.0. The van der Waals surface area contributed by atoms with Crippen molar-refractivity contribution in [2.45, 2.75) is 6.29 Å². The summed E-state index contributed by atoms with van der Waals surface area (Å²) >= 11 is 13.4. The van der Waals surface area contributed by atoms with Gasteiger partial charge in [0.2, 0.25) is 5.78 Å². The molecule has 0 unspecified atom stereocenters. The smallest absolute Gasteiger partial charge is 0.205 e. The molecule has 1 fully saturated rings. The molecule has 0 aliphatic carbocycles. The summed E-state index contributed by atoms with van der Waals surface area (Å²) in [5.41, 5.74) is 0.331. The Morgan fingerprint density at radius 3 is 2.40 bits per heavy atom. The summed E-state index contributed by atoms with van der Waals surface area (Å²) in [7, 11) is 0. The van der Waals surface area contributed by atoms with E-state index in [1.54, 1.807) is 24.3 Å². The largest absolute Gasteiger partial charge is 0.345 e.